The summed E-state index contributed by atoms with van der Waals surface area (Å²) in [6, 6.07) is 7.66. The molecule has 4 rings (SSSR count). The summed E-state index contributed by atoms with van der Waals surface area (Å²) in [6.45, 7) is 4.10. The molecule has 1 aromatic rings. The second-order valence-corrected chi connectivity index (χ2v) is 7.30. The first-order valence-electron chi connectivity index (χ1n) is 9.08. The summed E-state index contributed by atoms with van der Waals surface area (Å²) in [5, 5.41) is 9.46. The molecule has 1 aromatic carbocycles. The first-order chi connectivity index (χ1) is 12.1. The maximum Gasteiger partial charge on any atom is 0.308 e. The Kier molecular flexibility index (Phi) is 4.37. The smallest absolute Gasteiger partial charge is 0.308 e. The van der Waals surface area contributed by atoms with Crippen molar-refractivity contribution in [1.82, 2.24) is 4.90 Å². The molecule has 25 heavy (non-hydrogen) atoms. The third kappa shape index (κ3) is 3.35. The number of rotatable bonds is 4. The number of amides is 1. The van der Waals surface area contributed by atoms with Crippen LogP contribution in [-0.2, 0) is 9.53 Å². The number of carboxylic acid groups (broad SMARTS) is 1. The second-order valence-electron chi connectivity index (χ2n) is 7.30. The van der Waals surface area contributed by atoms with E-state index in [0.29, 0.717) is 24.6 Å². The van der Waals surface area contributed by atoms with Crippen LogP contribution in [0.25, 0.3) is 0 Å². The maximum atomic E-state index is 12.8. The highest BCUT2D eigenvalue weighted by Gasteiger charge is 2.46. The van der Waals surface area contributed by atoms with Crippen molar-refractivity contribution in [2.75, 3.05) is 44.3 Å². The SMILES string of the molecule is O=C(O)[C@H]1CN(C(=O)c2ccc(N3CCOCC3)cc2)C[C@@H]1C1CC1. The number of morpholine rings is 1. The van der Waals surface area contributed by atoms with Gasteiger partial charge in [-0.25, -0.2) is 0 Å². The number of carbonyl (C=O) groups is 2. The molecule has 3 fully saturated rings. The van der Waals surface area contributed by atoms with Gasteiger partial charge in [0.1, 0.15) is 0 Å². The number of anilines is 1. The Balaban J connectivity index is 1.44. The summed E-state index contributed by atoms with van der Waals surface area (Å²) in [7, 11) is 0. The Morgan fingerprint density at radius 2 is 1.72 bits per heavy atom. The van der Waals surface area contributed by atoms with Gasteiger partial charge in [-0.1, -0.05) is 0 Å². The number of benzene rings is 1. The number of carbonyl (C=O) groups excluding carboxylic acids is 1. The van der Waals surface area contributed by atoms with E-state index in [0.717, 1.165) is 44.8 Å². The number of carboxylic acids is 1. The van der Waals surface area contributed by atoms with Gasteiger partial charge in [-0.3, -0.25) is 9.59 Å². The highest BCUT2D eigenvalue weighted by Crippen LogP contribution is 2.44. The van der Waals surface area contributed by atoms with Crippen LogP contribution in [0.2, 0.25) is 0 Å². The zero-order chi connectivity index (χ0) is 17.4. The van der Waals surface area contributed by atoms with Crippen LogP contribution in [0, 0.1) is 17.8 Å². The molecule has 0 unspecified atom stereocenters. The molecule has 0 radical (unpaired) electrons. The van der Waals surface area contributed by atoms with Crippen molar-refractivity contribution in [1.29, 1.82) is 0 Å². The molecular formula is C19H24N2O4. The van der Waals surface area contributed by atoms with E-state index in [1.165, 1.54) is 0 Å². The molecule has 2 heterocycles. The molecule has 6 nitrogen and oxygen atoms in total. The van der Waals surface area contributed by atoms with Crippen molar-refractivity contribution >= 4 is 17.6 Å². The minimum absolute atomic E-state index is 0.0528. The molecule has 1 amide bonds. The van der Waals surface area contributed by atoms with Crippen molar-refractivity contribution in [2.24, 2.45) is 17.8 Å². The van der Waals surface area contributed by atoms with E-state index < -0.39 is 11.9 Å². The van der Waals surface area contributed by atoms with Gasteiger partial charge in [0.2, 0.25) is 0 Å². The number of ether oxygens (including phenoxy) is 1. The van der Waals surface area contributed by atoms with Crippen LogP contribution in [0.5, 0.6) is 0 Å². The predicted octanol–water partition coefficient (Wildman–Crippen LogP) is 1.71. The molecule has 2 atom stereocenters. The van der Waals surface area contributed by atoms with Gasteiger partial charge in [0, 0.05) is 37.4 Å². The number of likely N-dealkylation sites (tertiary alicyclic amines) is 1. The Morgan fingerprint density at radius 3 is 2.32 bits per heavy atom. The van der Waals surface area contributed by atoms with E-state index in [1.54, 1.807) is 4.90 Å². The van der Waals surface area contributed by atoms with Gasteiger partial charge in [-0.05, 0) is 48.9 Å². The van der Waals surface area contributed by atoms with E-state index in [1.807, 2.05) is 24.3 Å². The van der Waals surface area contributed by atoms with Gasteiger partial charge in [0.25, 0.3) is 5.91 Å². The van der Waals surface area contributed by atoms with E-state index in [9.17, 15) is 14.7 Å². The number of hydrogen-bond acceptors (Lipinski definition) is 4. The molecule has 0 spiro atoms. The number of aliphatic carboxylic acids is 1. The van der Waals surface area contributed by atoms with E-state index in [4.69, 9.17) is 4.74 Å². The normalized spacial score (nSPS) is 26.7. The van der Waals surface area contributed by atoms with Gasteiger partial charge < -0.3 is 19.6 Å². The average Bonchev–Trinajstić information content (AvgIpc) is 3.40. The number of hydrogen-bond donors (Lipinski definition) is 1. The number of nitrogens with zero attached hydrogens (tertiary/aromatic N) is 2. The molecule has 1 aliphatic carbocycles. The summed E-state index contributed by atoms with van der Waals surface area (Å²) in [5.41, 5.74) is 1.73. The topological polar surface area (TPSA) is 70.1 Å². The van der Waals surface area contributed by atoms with Gasteiger partial charge in [0.15, 0.2) is 0 Å². The Hall–Kier alpha value is -2.08. The van der Waals surface area contributed by atoms with Crippen LogP contribution >= 0.6 is 0 Å². The zero-order valence-corrected chi connectivity index (χ0v) is 14.3. The van der Waals surface area contributed by atoms with Crippen molar-refractivity contribution < 1.29 is 19.4 Å². The van der Waals surface area contributed by atoms with Gasteiger partial charge >= 0.3 is 5.97 Å². The van der Waals surface area contributed by atoms with Gasteiger partial charge in [-0.15, -0.1) is 0 Å². The van der Waals surface area contributed by atoms with Crippen LogP contribution in [0.15, 0.2) is 24.3 Å². The van der Waals surface area contributed by atoms with Crippen LogP contribution < -0.4 is 4.90 Å². The summed E-state index contributed by atoms with van der Waals surface area (Å²) in [6.07, 6.45) is 2.20. The van der Waals surface area contributed by atoms with Crippen molar-refractivity contribution in [3.63, 3.8) is 0 Å². The van der Waals surface area contributed by atoms with Crippen LogP contribution in [-0.4, -0.2) is 61.3 Å². The molecule has 6 heteroatoms. The Labute approximate surface area is 147 Å². The van der Waals surface area contributed by atoms with Gasteiger partial charge in [-0.2, -0.15) is 0 Å². The second kappa shape index (κ2) is 6.67. The minimum Gasteiger partial charge on any atom is -0.481 e. The standard InChI is InChI=1S/C19H24N2O4/c22-18(21-11-16(13-1-2-13)17(12-21)19(23)24)14-3-5-15(6-4-14)20-7-9-25-10-8-20/h3-6,13,16-17H,1-2,7-12H2,(H,23,24)/t16-,17+/m1/s1. The first-order valence-corrected chi connectivity index (χ1v) is 9.08. The van der Waals surface area contributed by atoms with Crippen LogP contribution in [0.3, 0.4) is 0 Å². The first kappa shape index (κ1) is 16.4. The summed E-state index contributed by atoms with van der Waals surface area (Å²) in [5.74, 6) is -0.626. The summed E-state index contributed by atoms with van der Waals surface area (Å²) >= 11 is 0. The lowest BCUT2D eigenvalue weighted by atomic mass is 9.92. The lowest BCUT2D eigenvalue weighted by Crippen LogP contribution is -2.36. The third-order valence-electron chi connectivity index (χ3n) is 5.69. The third-order valence-corrected chi connectivity index (χ3v) is 5.69. The largest absolute Gasteiger partial charge is 0.481 e. The van der Waals surface area contributed by atoms with Crippen molar-refractivity contribution in [3.05, 3.63) is 29.8 Å². The Morgan fingerprint density at radius 1 is 1.04 bits per heavy atom. The molecule has 0 aromatic heterocycles. The van der Waals surface area contributed by atoms with Gasteiger partial charge in [0.05, 0.1) is 19.1 Å². The molecule has 1 saturated carbocycles. The molecule has 1 N–H and O–H groups in total. The van der Waals surface area contributed by atoms with Crippen LogP contribution in [0.4, 0.5) is 5.69 Å². The molecule has 2 aliphatic heterocycles. The van der Waals surface area contributed by atoms with Crippen molar-refractivity contribution in [3.8, 4) is 0 Å². The fraction of sp³-hybridized carbons (Fsp3) is 0.579. The summed E-state index contributed by atoms with van der Waals surface area (Å²) < 4.78 is 5.36. The van der Waals surface area contributed by atoms with Crippen molar-refractivity contribution in [2.45, 2.75) is 12.8 Å². The fourth-order valence-electron chi connectivity index (χ4n) is 4.08. The lowest BCUT2D eigenvalue weighted by molar-refractivity contribution is -0.142. The summed E-state index contributed by atoms with van der Waals surface area (Å²) in [4.78, 5) is 28.3. The Bertz CT molecular complexity index is 650. The zero-order valence-electron chi connectivity index (χ0n) is 14.3. The van der Waals surface area contributed by atoms with E-state index in [-0.39, 0.29) is 11.8 Å². The van der Waals surface area contributed by atoms with E-state index >= 15 is 0 Å². The molecular weight excluding hydrogens is 320 g/mol. The fourth-order valence-corrected chi connectivity index (χ4v) is 4.08. The van der Waals surface area contributed by atoms with Crippen LogP contribution in [0.1, 0.15) is 23.2 Å². The quantitative estimate of drug-likeness (QED) is 0.900. The molecule has 0 bridgehead atoms. The molecule has 3 aliphatic rings. The van der Waals surface area contributed by atoms with E-state index in [2.05, 4.69) is 4.90 Å². The molecule has 134 valence electrons. The maximum absolute atomic E-state index is 12.8. The predicted molar refractivity (Wildman–Crippen MR) is 92.7 cm³/mol. The monoisotopic (exact) mass is 344 g/mol. The highest BCUT2D eigenvalue weighted by molar-refractivity contribution is 5.95. The highest BCUT2D eigenvalue weighted by atomic mass is 16.5. The lowest BCUT2D eigenvalue weighted by Gasteiger charge is -2.29. The minimum atomic E-state index is -0.769. The average molecular weight is 344 g/mol. The molecule has 2 saturated heterocycles.